The summed E-state index contributed by atoms with van der Waals surface area (Å²) in [5.41, 5.74) is 1.23. The molecule has 0 aliphatic rings. The highest BCUT2D eigenvalue weighted by atomic mass is 32.2. The van der Waals surface area contributed by atoms with E-state index < -0.39 is 0 Å². The molecule has 7 heteroatoms. The fourth-order valence-corrected chi connectivity index (χ4v) is 4.45. The third-order valence-corrected chi connectivity index (χ3v) is 6.06. The first-order valence-corrected chi connectivity index (χ1v) is 10.6. The van der Waals surface area contributed by atoms with Crippen molar-refractivity contribution in [2.75, 3.05) is 10.7 Å². The van der Waals surface area contributed by atoms with Crippen molar-refractivity contribution in [2.45, 2.75) is 18.4 Å². The number of amides is 1. The van der Waals surface area contributed by atoms with Gasteiger partial charge in [-0.25, -0.2) is 9.37 Å². The van der Waals surface area contributed by atoms with Gasteiger partial charge in [0, 0.05) is 10.5 Å². The molecule has 2 aromatic carbocycles. The summed E-state index contributed by atoms with van der Waals surface area (Å²) < 4.78 is 19.7. The molecule has 0 fully saturated rings. The van der Waals surface area contributed by atoms with Gasteiger partial charge in [-0.3, -0.25) is 9.69 Å². The van der Waals surface area contributed by atoms with E-state index in [1.165, 1.54) is 23.5 Å². The van der Waals surface area contributed by atoms with Crippen molar-refractivity contribution in [3.8, 4) is 0 Å². The van der Waals surface area contributed by atoms with Gasteiger partial charge in [0.2, 0.25) is 0 Å². The van der Waals surface area contributed by atoms with E-state index in [-0.39, 0.29) is 18.3 Å². The third-order valence-electron chi connectivity index (χ3n) is 4.12. The molecule has 0 radical (unpaired) electrons. The summed E-state index contributed by atoms with van der Waals surface area (Å²) in [6, 6.07) is 15.6. The highest BCUT2D eigenvalue weighted by Crippen LogP contribution is 2.31. The molecule has 0 atom stereocenters. The minimum atomic E-state index is -0.323. The molecule has 4 aromatic rings. The molecular formula is C21H17FN2O2S2. The number of furan rings is 1. The number of benzene rings is 2. The molecule has 2 heterocycles. The average molecular weight is 413 g/mol. The monoisotopic (exact) mass is 412 g/mol. The van der Waals surface area contributed by atoms with Gasteiger partial charge >= 0.3 is 0 Å². The van der Waals surface area contributed by atoms with Crippen LogP contribution in [0.25, 0.3) is 10.2 Å². The van der Waals surface area contributed by atoms with E-state index in [4.69, 9.17) is 4.42 Å². The smallest absolute Gasteiger partial charge is 0.260 e. The first-order valence-electron chi connectivity index (χ1n) is 8.77. The molecule has 0 spiro atoms. The van der Waals surface area contributed by atoms with Gasteiger partial charge in [-0.05, 0) is 60.4 Å². The lowest BCUT2D eigenvalue weighted by Crippen LogP contribution is -2.30. The quantitative estimate of drug-likeness (QED) is 0.365. The second-order valence-corrected chi connectivity index (χ2v) is 8.38. The van der Waals surface area contributed by atoms with Crippen LogP contribution in [0.5, 0.6) is 0 Å². The van der Waals surface area contributed by atoms with Crippen LogP contribution in [0, 0.1) is 5.82 Å². The Labute approximate surface area is 170 Å². The molecule has 1 amide bonds. The average Bonchev–Trinajstić information content (AvgIpc) is 3.35. The molecule has 142 valence electrons. The Hall–Kier alpha value is -2.64. The molecule has 0 unspecified atom stereocenters. The molecule has 0 N–H and O–H groups in total. The zero-order valence-electron chi connectivity index (χ0n) is 15.1. The lowest BCUT2D eigenvalue weighted by atomic mass is 10.2. The van der Waals surface area contributed by atoms with Gasteiger partial charge in [0.1, 0.15) is 11.6 Å². The SMILES string of the molecule is CCSc1ccc(C(=O)N(Cc2ccco2)c2nc3ccc(F)cc3s2)cc1. The van der Waals surface area contributed by atoms with Crippen LogP contribution in [0.1, 0.15) is 23.0 Å². The van der Waals surface area contributed by atoms with Gasteiger partial charge in [0.15, 0.2) is 5.13 Å². The Morgan fingerprint density at radius 2 is 2.04 bits per heavy atom. The van der Waals surface area contributed by atoms with Gasteiger partial charge in [-0.1, -0.05) is 18.3 Å². The molecule has 4 rings (SSSR count). The standard InChI is InChI=1S/C21H17FN2O2S2/c1-2-27-17-8-5-14(6-9-17)20(25)24(13-16-4-3-11-26-16)21-23-18-10-7-15(22)12-19(18)28-21/h3-12H,2,13H2,1H3. The number of hydrogen-bond acceptors (Lipinski definition) is 5. The number of rotatable bonds is 6. The zero-order chi connectivity index (χ0) is 19.5. The molecule has 4 nitrogen and oxygen atoms in total. The van der Waals surface area contributed by atoms with Crippen LogP contribution in [0.3, 0.4) is 0 Å². The summed E-state index contributed by atoms with van der Waals surface area (Å²) in [7, 11) is 0. The van der Waals surface area contributed by atoms with Crippen LogP contribution in [0.15, 0.2) is 70.2 Å². The number of fused-ring (bicyclic) bond motifs is 1. The maximum atomic E-state index is 13.6. The van der Waals surface area contributed by atoms with Crippen molar-refractivity contribution in [1.82, 2.24) is 4.98 Å². The number of carbonyl (C=O) groups excluding carboxylic acids is 1. The zero-order valence-corrected chi connectivity index (χ0v) is 16.7. The third kappa shape index (κ3) is 3.95. The molecule has 2 aromatic heterocycles. The second kappa shape index (κ2) is 8.16. The Balaban J connectivity index is 1.70. The molecule has 0 aliphatic carbocycles. The Kier molecular flexibility index (Phi) is 5.45. The molecule has 0 saturated carbocycles. The van der Waals surface area contributed by atoms with Crippen molar-refractivity contribution in [3.05, 3.63) is 78.0 Å². The first-order chi connectivity index (χ1) is 13.6. The number of carbonyl (C=O) groups is 1. The van der Waals surface area contributed by atoms with E-state index >= 15 is 0 Å². The van der Waals surface area contributed by atoms with Crippen molar-refractivity contribution in [3.63, 3.8) is 0 Å². The van der Waals surface area contributed by atoms with Crippen LogP contribution in [0.4, 0.5) is 9.52 Å². The Bertz CT molecular complexity index is 1090. The van der Waals surface area contributed by atoms with Crippen molar-refractivity contribution >= 4 is 44.4 Å². The molecular weight excluding hydrogens is 395 g/mol. The highest BCUT2D eigenvalue weighted by molar-refractivity contribution is 7.99. The Morgan fingerprint density at radius 1 is 1.21 bits per heavy atom. The van der Waals surface area contributed by atoms with Crippen LogP contribution in [0.2, 0.25) is 0 Å². The summed E-state index contributed by atoms with van der Waals surface area (Å²) in [4.78, 5) is 20.5. The van der Waals surface area contributed by atoms with Gasteiger partial charge in [-0.2, -0.15) is 0 Å². The lowest BCUT2D eigenvalue weighted by molar-refractivity contribution is 0.0983. The van der Waals surface area contributed by atoms with Crippen molar-refractivity contribution in [2.24, 2.45) is 0 Å². The van der Waals surface area contributed by atoms with Crippen molar-refractivity contribution < 1.29 is 13.6 Å². The van der Waals surface area contributed by atoms with Crippen LogP contribution >= 0.6 is 23.1 Å². The predicted octanol–water partition coefficient (Wildman–Crippen LogP) is 5.99. The lowest BCUT2D eigenvalue weighted by Gasteiger charge is -2.19. The number of aromatic nitrogens is 1. The summed E-state index contributed by atoms with van der Waals surface area (Å²) in [6.07, 6.45) is 1.57. The van der Waals surface area contributed by atoms with Crippen LogP contribution in [-0.2, 0) is 6.54 Å². The minimum Gasteiger partial charge on any atom is -0.467 e. The number of anilines is 1. The maximum Gasteiger partial charge on any atom is 0.260 e. The van der Waals surface area contributed by atoms with E-state index in [9.17, 15) is 9.18 Å². The summed E-state index contributed by atoms with van der Waals surface area (Å²) in [6.45, 7) is 2.34. The number of halogens is 1. The maximum absolute atomic E-state index is 13.6. The second-order valence-electron chi connectivity index (χ2n) is 6.04. The van der Waals surface area contributed by atoms with E-state index in [0.29, 0.717) is 26.7 Å². The number of thioether (sulfide) groups is 1. The minimum absolute atomic E-state index is 0.177. The number of thiazole rings is 1. The van der Waals surface area contributed by atoms with Gasteiger partial charge in [0.05, 0.1) is 23.0 Å². The van der Waals surface area contributed by atoms with Gasteiger partial charge in [0.25, 0.3) is 5.91 Å². The summed E-state index contributed by atoms with van der Waals surface area (Å²) >= 11 is 3.01. The topological polar surface area (TPSA) is 46.3 Å². The first kappa shape index (κ1) is 18.7. The predicted molar refractivity (Wildman–Crippen MR) is 112 cm³/mol. The van der Waals surface area contributed by atoms with E-state index in [1.807, 2.05) is 30.3 Å². The molecule has 0 saturated heterocycles. The molecule has 0 bridgehead atoms. The van der Waals surface area contributed by atoms with E-state index in [1.54, 1.807) is 35.1 Å². The summed E-state index contributed by atoms with van der Waals surface area (Å²) in [5, 5.41) is 0.508. The number of hydrogen-bond donors (Lipinski definition) is 0. The van der Waals surface area contributed by atoms with E-state index in [0.717, 1.165) is 10.6 Å². The number of nitrogens with zero attached hydrogens (tertiary/aromatic N) is 2. The highest BCUT2D eigenvalue weighted by Gasteiger charge is 2.23. The van der Waals surface area contributed by atoms with E-state index in [2.05, 4.69) is 11.9 Å². The van der Waals surface area contributed by atoms with Gasteiger partial charge < -0.3 is 4.42 Å². The fraction of sp³-hybridized carbons (Fsp3) is 0.143. The van der Waals surface area contributed by atoms with Crippen LogP contribution in [-0.4, -0.2) is 16.6 Å². The molecule has 0 aliphatic heterocycles. The van der Waals surface area contributed by atoms with Crippen LogP contribution < -0.4 is 4.90 Å². The van der Waals surface area contributed by atoms with Gasteiger partial charge in [-0.15, -0.1) is 11.8 Å². The largest absolute Gasteiger partial charge is 0.467 e. The van der Waals surface area contributed by atoms with Crippen molar-refractivity contribution in [1.29, 1.82) is 0 Å². The normalized spacial score (nSPS) is 11.1. The fourth-order valence-electron chi connectivity index (χ4n) is 2.80. The molecule has 28 heavy (non-hydrogen) atoms. The summed E-state index contributed by atoms with van der Waals surface area (Å²) in [5.74, 6) is 1.12. The Morgan fingerprint density at radius 3 is 2.75 bits per heavy atom.